The van der Waals surface area contributed by atoms with Crippen molar-refractivity contribution in [3.05, 3.63) is 53.6 Å². The Kier molecular flexibility index (Phi) is 4.08. The average molecular weight is 395 g/mol. The molecule has 0 unspecified atom stereocenters. The van der Waals surface area contributed by atoms with Crippen LogP contribution >= 0.6 is 54.8 Å². The van der Waals surface area contributed by atoms with E-state index < -0.39 is 0 Å². The topological polar surface area (TPSA) is 17.1 Å². The Morgan fingerprint density at radius 3 is 2.53 bits per heavy atom. The van der Waals surface area contributed by atoms with Gasteiger partial charge >= 0.3 is 0 Å². The highest BCUT2D eigenvalue weighted by Crippen LogP contribution is 2.31. The molecule has 0 saturated heterocycles. The molecule has 0 aliphatic rings. The van der Waals surface area contributed by atoms with E-state index in [0.717, 1.165) is 13.8 Å². The molecule has 0 radical (unpaired) electrons. The number of ketones is 1. The second kappa shape index (κ2) is 5.22. The molecule has 0 spiro atoms. The van der Waals surface area contributed by atoms with E-state index in [9.17, 15) is 4.79 Å². The fourth-order valence-electron chi connectivity index (χ4n) is 1.43. The van der Waals surface area contributed by atoms with E-state index in [1.807, 2.05) is 13.0 Å². The van der Waals surface area contributed by atoms with E-state index in [4.69, 9.17) is 11.6 Å². The summed E-state index contributed by atoms with van der Waals surface area (Å²) in [5.74, 6) is -0.0237. The summed E-state index contributed by atoms with van der Waals surface area (Å²) in [4.78, 5) is 14.1. The number of benzene rings is 1. The summed E-state index contributed by atoms with van der Waals surface area (Å²) in [7, 11) is 0. The van der Waals surface area contributed by atoms with Crippen LogP contribution in [0.3, 0.4) is 0 Å². The maximum Gasteiger partial charge on any atom is 0.205 e. The first-order valence-corrected chi connectivity index (χ1v) is 7.53. The first kappa shape index (κ1) is 13.3. The smallest absolute Gasteiger partial charge is 0.205 e. The lowest BCUT2D eigenvalue weighted by molar-refractivity contribution is 0.104. The van der Waals surface area contributed by atoms with E-state index in [1.54, 1.807) is 18.2 Å². The largest absolute Gasteiger partial charge is 0.288 e. The summed E-state index contributed by atoms with van der Waals surface area (Å²) in [5, 5.41) is 0.556. The zero-order chi connectivity index (χ0) is 12.6. The van der Waals surface area contributed by atoms with E-state index in [1.165, 1.54) is 11.3 Å². The number of rotatable bonds is 2. The standard InChI is InChI=1S/C12H7Br2ClOS/c1-6-4-10(14)12(17-6)11(16)8-5-7(15)2-3-9(8)13/h2-5H,1H3. The van der Waals surface area contributed by atoms with Gasteiger partial charge in [-0.3, -0.25) is 4.79 Å². The molecule has 1 heterocycles. The molecule has 1 aromatic carbocycles. The summed E-state index contributed by atoms with van der Waals surface area (Å²) in [6, 6.07) is 7.15. The molecule has 0 bridgehead atoms. The molecule has 17 heavy (non-hydrogen) atoms. The molecule has 0 saturated carbocycles. The van der Waals surface area contributed by atoms with Crippen molar-refractivity contribution in [1.29, 1.82) is 0 Å². The number of carbonyl (C=O) groups is 1. The van der Waals surface area contributed by atoms with Gasteiger partial charge in [0.1, 0.15) is 0 Å². The van der Waals surface area contributed by atoms with Crippen LogP contribution in [0.5, 0.6) is 0 Å². The van der Waals surface area contributed by atoms with Crippen LogP contribution in [0.15, 0.2) is 33.2 Å². The van der Waals surface area contributed by atoms with Crippen molar-refractivity contribution in [1.82, 2.24) is 0 Å². The Balaban J connectivity index is 2.50. The highest BCUT2D eigenvalue weighted by molar-refractivity contribution is 9.11. The van der Waals surface area contributed by atoms with Crippen LogP contribution in [0.25, 0.3) is 0 Å². The van der Waals surface area contributed by atoms with Crippen molar-refractivity contribution in [3.8, 4) is 0 Å². The first-order valence-electron chi connectivity index (χ1n) is 4.74. The molecule has 88 valence electrons. The highest BCUT2D eigenvalue weighted by Gasteiger charge is 2.18. The summed E-state index contributed by atoms with van der Waals surface area (Å²) < 4.78 is 1.58. The molecular weight excluding hydrogens is 387 g/mol. The fraction of sp³-hybridized carbons (Fsp3) is 0.0833. The van der Waals surface area contributed by atoms with Gasteiger partial charge in [0.25, 0.3) is 0 Å². The second-order valence-corrected chi connectivity index (χ2v) is 6.89. The van der Waals surface area contributed by atoms with Gasteiger partial charge in [-0.2, -0.15) is 0 Å². The molecule has 1 nitrogen and oxygen atoms in total. The molecule has 5 heteroatoms. The minimum atomic E-state index is -0.0237. The van der Waals surface area contributed by atoms with Crippen molar-refractivity contribution in [2.45, 2.75) is 6.92 Å². The zero-order valence-corrected chi connectivity index (χ0v) is 13.5. The maximum absolute atomic E-state index is 12.3. The van der Waals surface area contributed by atoms with E-state index in [0.29, 0.717) is 15.5 Å². The fourth-order valence-corrected chi connectivity index (χ4v) is 3.81. The van der Waals surface area contributed by atoms with Gasteiger partial charge in [0.2, 0.25) is 5.78 Å². The predicted molar refractivity (Wildman–Crippen MR) is 79.3 cm³/mol. The molecule has 0 aliphatic carbocycles. The molecule has 2 aromatic rings. The number of hydrogen-bond donors (Lipinski definition) is 0. The number of aryl methyl sites for hydroxylation is 1. The summed E-state index contributed by atoms with van der Waals surface area (Å²) >= 11 is 14.2. The molecule has 2 rings (SSSR count). The van der Waals surface area contributed by atoms with Gasteiger partial charge in [-0.25, -0.2) is 0 Å². The van der Waals surface area contributed by atoms with Crippen LogP contribution in [0.2, 0.25) is 5.02 Å². The molecule has 0 N–H and O–H groups in total. The van der Waals surface area contributed by atoms with Crippen molar-refractivity contribution in [3.63, 3.8) is 0 Å². The van der Waals surface area contributed by atoms with Crippen LogP contribution in [0.1, 0.15) is 20.1 Å². The minimum absolute atomic E-state index is 0.0237. The van der Waals surface area contributed by atoms with Gasteiger partial charge in [0.15, 0.2) is 0 Å². The number of hydrogen-bond acceptors (Lipinski definition) is 2. The number of halogens is 3. The third-order valence-corrected chi connectivity index (χ3v) is 5.05. The molecule has 0 atom stereocenters. The van der Waals surface area contributed by atoms with Gasteiger partial charge in [-0.1, -0.05) is 27.5 Å². The van der Waals surface area contributed by atoms with Gasteiger partial charge in [0.05, 0.1) is 4.88 Å². The Hall–Kier alpha value is -0.160. The molecule has 1 aromatic heterocycles. The summed E-state index contributed by atoms with van der Waals surface area (Å²) in [5.41, 5.74) is 0.583. The second-order valence-electron chi connectivity index (χ2n) is 3.49. The van der Waals surface area contributed by atoms with Crippen molar-refractivity contribution in [2.75, 3.05) is 0 Å². The normalized spacial score (nSPS) is 10.6. The van der Waals surface area contributed by atoms with Crippen LogP contribution in [-0.2, 0) is 0 Å². The molecule has 0 amide bonds. The monoisotopic (exact) mass is 392 g/mol. The van der Waals surface area contributed by atoms with Gasteiger partial charge < -0.3 is 0 Å². The van der Waals surface area contributed by atoms with Crippen LogP contribution in [-0.4, -0.2) is 5.78 Å². The lowest BCUT2D eigenvalue weighted by Crippen LogP contribution is -2.00. The Morgan fingerprint density at radius 1 is 1.24 bits per heavy atom. The highest BCUT2D eigenvalue weighted by atomic mass is 79.9. The molecule has 0 fully saturated rings. The van der Waals surface area contributed by atoms with Crippen molar-refractivity contribution < 1.29 is 4.79 Å². The Morgan fingerprint density at radius 2 is 1.94 bits per heavy atom. The van der Waals surface area contributed by atoms with Crippen molar-refractivity contribution in [2.24, 2.45) is 0 Å². The lowest BCUT2D eigenvalue weighted by Gasteiger charge is -2.03. The van der Waals surface area contributed by atoms with Gasteiger partial charge in [-0.05, 0) is 47.1 Å². The van der Waals surface area contributed by atoms with E-state index >= 15 is 0 Å². The Bertz CT molecular complexity index is 592. The number of carbonyl (C=O) groups excluding carboxylic acids is 1. The number of thiophene rings is 1. The maximum atomic E-state index is 12.3. The SMILES string of the molecule is Cc1cc(Br)c(C(=O)c2cc(Cl)ccc2Br)s1. The molecule has 0 aliphatic heterocycles. The minimum Gasteiger partial charge on any atom is -0.288 e. The molecular formula is C12H7Br2ClOS. The van der Waals surface area contributed by atoms with Crippen LogP contribution in [0, 0.1) is 6.92 Å². The summed E-state index contributed by atoms with van der Waals surface area (Å²) in [6.45, 7) is 1.97. The summed E-state index contributed by atoms with van der Waals surface area (Å²) in [6.07, 6.45) is 0. The first-order chi connectivity index (χ1) is 7.99. The zero-order valence-electron chi connectivity index (χ0n) is 8.76. The van der Waals surface area contributed by atoms with E-state index in [2.05, 4.69) is 31.9 Å². The Labute approximate surface area is 125 Å². The average Bonchev–Trinajstić information content (AvgIpc) is 2.60. The van der Waals surface area contributed by atoms with Crippen LogP contribution < -0.4 is 0 Å². The predicted octanol–water partition coefficient (Wildman–Crippen LogP) is 5.47. The van der Waals surface area contributed by atoms with Gasteiger partial charge in [-0.15, -0.1) is 11.3 Å². The quantitative estimate of drug-likeness (QED) is 0.618. The van der Waals surface area contributed by atoms with Crippen LogP contribution in [0.4, 0.5) is 0 Å². The third-order valence-electron chi connectivity index (χ3n) is 2.19. The lowest BCUT2D eigenvalue weighted by atomic mass is 10.1. The van der Waals surface area contributed by atoms with E-state index in [-0.39, 0.29) is 5.78 Å². The van der Waals surface area contributed by atoms with Crippen molar-refractivity contribution >= 4 is 60.6 Å². The van der Waals surface area contributed by atoms with Gasteiger partial charge in [0, 0.05) is 24.4 Å². The third kappa shape index (κ3) is 2.81.